The van der Waals surface area contributed by atoms with Gasteiger partial charge in [-0.05, 0) is 31.5 Å². The van der Waals surface area contributed by atoms with Crippen molar-refractivity contribution in [3.63, 3.8) is 0 Å². The number of hydrogen-bond acceptors (Lipinski definition) is 5. The van der Waals surface area contributed by atoms with Crippen molar-refractivity contribution < 1.29 is 19.4 Å². The van der Waals surface area contributed by atoms with Gasteiger partial charge in [0.15, 0.2) is 0 Å². The molecule has 3 rings (SSSR count). The number of nitrogens with zero attached hydrogens (tertiary/aromatic N) is 1. The molecular formula is C21H22N2O4. The van der Waals surface area contributed by atoms with E-state index in [1.807, 2.05) is 43.3 Å². The third-order valence-corrected chi connectivity index (χ3v) is 4.58. The van der Waals surface area contributed by atoms with Crippen LogP contribution in [0.2, 0.25) is 0 Å². The molecule has 1 unspecified atom stereocenters. The van der Waals surface area contributed by atoms with Gasteiger partial charge < -0.3 is 19.9 Å². The number of pyridine rings is 1. The summed E-state index contributed by atoms with van der Waals surface area (Å²) in [6.45, 7) is 3.74. The molecule has 1 heterocycles. The van der Waals surface area contributed by atoms with E-state index in [-0.39, 0.29) is 5.56 Å². The first kappa shape index (κ1) is 18.7. The van der Waals surface area contributed by atoms with E-state index in [0.29, 0.717) is 28.0 Å². The van der Waals surface area contributed by atoms with Crippen LogP contribution in [-0.4, -0.2) is 30.3 Å². The molecule has 0 saturated carbocycles. The lowest BCUT2D eigenvalue weighted by Crippen LogP contribution is -2.13. The van der Waals surface area contributed by atoms with Gasteiger partial charge in [-0.15, -0.1) is 0 Å². The molecule has 0 aliphatic carbocycles. The number of carboxylic acid groups (broad SMARTS) is 1. The molecule has 3 aromatic rings. The monoisotopic (exact) mass is 366 g/mol. The number of anilines is 2. The molecule has 6 nitrogen and oxygen atoms in total. The summed E-state index contributed by atoms with van der Waals surface area (Å²) in [5.74, 6) is -0.496. The zero-order valence-electron chi connectivity index (χ0n) is 15.7. The predicted molar refractivity (Wildman–Crippen MR) is 105 cm³/mol. The van der Waals surface area contributed by atoms with Crippen molar-refractivity contribution in [1.29, 1.82) is 0 Å². The number of para-hydroxylation sites is 2. The molecule has 140 valence electrons. The summed E-state index contributed by atoms with van der Waals surface area (Å²) >= 11 is 0. The minimum Gasteiger partial charge on any atom is -0.494 e. The second-order valence-electron chi connectivity index (χ2n) is 6.23. The van der Waals surface area contributed by atoms with Crippen LogP contribution in [0.1, 0.15) is 34.6 Å². The second-order valence-corrected chi connectivity index (χ2v) is 6.23. The lowest BCUT2D eigenvalue weighted by atomic mass is 10.0. The SMILES string of the molecule is COc1cccc2c(Nc3ccccc3C)c(C(=O)O)c(C(C)OC)nc12. The van der Waals surface area contributed by atoms with Gasteiger partial charge >= 0.3 is 5.97 Å². The summed E-state index contributed by atoms with van der Waals surface area (Å²) in [7, 11) is 3.09. The van der Waals surface area contributed by atoms with E-state index >= 15 is 0 Å². The summed E-state index contributed by atoms with van der Waals surface area (Å²) in [6.07, 6.45) is -0.497. The van der Waals surface area contributed by atoms with Crippen molar-refractivity contribution in [2.45, 2.75) is 20.0 Å². The number of carboxylic acids is 1. The molecule has 0 saturated heterocycles. The first-order chi connectivity index (χ1) is 13.0. The van der Waals surface area contributed by atoms with Crippen molar-refractivity contribution in [2.24, 2.45) is 0 Å². The molecule has 0 aliphatic rings. The molecule has 0 bridgehead atoms. The standard InChI is InChI=1S/C21H22N2O4/c1-12-8-5-6-10-15(12)22-20-14-9-7-11-16(27-4)19(14)23-18(13(2)26-3)17(20)21(24)25/h5-11,13H,1-4H3,(H,22,23)(H,24,25). The van der Waals surface area contributed by atoms with Gasteiger partial charge in [-0.25, -0.2) is 9.78 Å². The average Bonchev–Trinajstić information content (AvgIpc) is 2.67. The number of ether oxygens (including phenoxy) is 2. The molecule has 27 heavy (non-hydrogen) atoms. The Labute approximate surface area is 157 Å². The highest BCUT2D eigenvalue weighted by Crippen LogP contribution is 2.38. The van der Waals surface area contributed by atoms with E-state index in [0.717, 1.165) is 11.3 Å². The lowest BCUT2D eigenvalue weighted by Gasteiger charge is -2.20. The van der Waals surface area contributed by atoms with Crippen molar-refractivity contribution in [2.75, 3.05) is 19.5 Å². The Morgan fingerprint density at radius 3 is 2.52 bits per heavy atom. The molecule has 1 aromatic heterocycles. The van der Waals surface area contributed by atoms with Crippen LogP contribution >= 0.6 is 0 Å². The zero-order valence-corrected chi connectivity index (χ0v) is 15.7. The number of benzene rings is 2. The van der Waals surface area contributed by atoms with Gasteiger partial charge in [0.05, 0.1) is 24.6 Å². The first-order valence-corrected chi connectivity index (χ1v) is 8.57. The largest absolute Gasteiger partial charge is 0.494 e. The van der Waals surface area contributed by atoms with E-state index in [1.165, 1.54) is 7.11 Å². The number of carbonyl (C=O) groups is 1. The molecular weight excluding hydrogens is 344 g/mol. The predicted octanol–water partition coefficient (Wildman–Crippen LogP) is 4.70. The molecule has 2 aromatic carbocycles. The molecule has 1 atom stereocenters. The Bertz CT molecular complexity index is 1000. The Balaban J connectivity index is 2.38. The van der Waals surface area contributed by atoms with E-state index in [1.54, 1.807) is 20.1 Å². The van der Waals surface area contributed by atoms with E-state index in [9.17, 15) is 9.90 Å². The zero-order chi connectivity index (χ0) is 19.6. The first-order valence-electron chi connectivity index (χ1n) is 8.57. The number of aryl methyl sites for hydroxylation is 1. The fraction of sp³-hybridized carbons (Fsp3) is 0.238. The number of aromatic carboxylic acids is 1. The van der Waals surface area contributed by atoms with Crippen LogP contribution in [-0.2, 0) is 4.74 Å². The van der Waals surface area contributed by atoms with Crippen molar-refractivity contribution in [3.8, 4) is 5.75 Å². The molecule has 2 N–H and O–H groups in total. The molecule has 6 heteroatoms. The van der Waals surface area contributed by atoms with Gasteiger partial charge in [-0.2, -0.15) is 0 Å². The highest BCUT2D eigenvalue weighted by molar-refractivity contribution is 6.08. The van der Waals surface area contributed by atoms with Gasteiger partial charge in [0, 0.05) is 18.2 Å². The maximum atomic E-state index is 12.2. The molecule has 0 amide bonds. The molecule has 0 aliphatic heterocycles. The number of methoxy groups -OCH3 is 2. The third-order valence-electron chi connectivity index (χ3n) is 4.58. The summed E-state index contributed by atoms with van der Waals surface area (Å²) < 4.78 is 10.8. The highest BCUT2D eigenvalue weighted by atomic mass is 16.5. The van der Waals surface area contributed by atoms with Gasteiger partial charge in [0.2, 0.25) is 0 Å². The lowest BCUT2D eigenvalue weighted by molar-refractivity contribution is 0.0682. The quantitative estimate of drug-likeness (QED) is 0.658. The van der Waals surface area contributed by atoms with E-state index < -0.39 is 12.1 Å². The van der Waals surface area contributed by atoms with E-state index in [2.05, 4.69) is 10.3 Å². The average molecular weight is 366 g/mol. The van der Waals surface area contributed by atoms with Crippen LogP contribution in [0.15, 0.2) is 42.5 Å². The summed E-state index contributed by atoms with van der Waals surface area (Å²) in [6, 6.07) is 13.2. The fourth-order valence-electron chi connectivity index (χ4n) is 3.04. The van der Waals surface area contributed by atoms with Crippen LogP contribution < -0.4 is 10.1 Å². The van der Waals surface area contributed by atoms with Crippen LogP contribution in [0.25, 0.3) is 10.9 Å². The molecule has 0 radical (unpaired) electrons. The number of nitrogens with one attached hydrogen (secondary N) is 1. The van der Waals surface area contributed by atoms with E-state index in [4.69, 9.17) is 9.47 Å². The van der Waals surface area contributed by atoms with Crippen LogP contribution in [0.4, 0.5) is 11.4 Å². The smallest absolute Gasteiger partial charge is 0.339 e. The summed E-state index contributed by atoms with van der Waals surface area (Å²) in [5.41, 5.74) is 3.32. The minimum absolute atomic E-state index is 0.0911. The number of fused-ring (bicyclic) bond motifs is 1. The third kappa shape index (κ3) is 3.44. The Hall–Kier alpha value is -3.12. The van der Waals surface area contributed by atoms with Crippen LogP contribution in [0.5, 0.6) is 5.75 Å². The van der Waals surface area contributed by atoms with Crippen molar-refractivity contribution in [3.05, 3.63) is 59.3 Å². The second kappa shape index (κ2) is 7.63. The van der Waals surface area contributed by atoms with Gasteiger partial charge in [0.1, 0.15) is 16.8 Å². The van der Waals surface area contributed by atoms with Gasteiger partial charge in [-0.3, -0.25) is 0 Å². The summed E-state index contributed by atoms with van der Waals surface area (Å²) in [5, 5.41) is 13.9. The van der Waals surface area contributed by atoms with Crippen LogP contribution in [0, 0.1) is 6.92 Å². The summed E-state index contributed by atoms with van der Waals surface area (Å²) in [4.78, 5) is 16.8. The Morgan fingerprint density at radius 1 is 1.15 bits per heavy atom. The maximum absolute atomic E-state index is 12.2. The van der Waals surface area contributed by atoms with Crippen molar-refractivity contribution >= 4 is 28.2 Å². The fourth-order valence-corrected chi connectivity index (χ4v) is 3.04. The van der Waals surface area contributed by atoms with Crippen LogP contribution in [0.3, 0.4) is 0 Å². The number of rotatable bonds is 6. The highest BCUT2D eigenvalue weighted by Gasteiger charge is 2.25. The van der Waals surface area contributed by atoms with Crippen molar-refractivity contribution in [1.82, 2.24) is 4.98 Å². The number of aromatic nitrogens is 1. The minimum atomic E-state index is -1.07. The maximum Gasteiger partial charge on any atom is 0.339 e. The molecule has 0 spiro atoms. The number of hydrogen-bond donors (Lipinski definition) is 2. The Kier molecular flexibility index (Phi) is 5.28. The molecule has 0 fully saturated rings. The van der Waals surface area contributed by atoms with Gasteiger partial charge in [0.25, 0.3) is 0 Å². The van der Waals surface area contributed by atoms with Gasteiger partial charge in [-0.1, -0.05) is 30.3 Å². The Morgan fingerprint density at radius 2 is 1.89 bits per heavy atom. The normalized spacial score (nSPS) is 12.0. The topological polar surface area (TPSA) is 80.7 Å².